The summed E-state index contributed by atoms with van der Waals surface area (Å²) in [5, 5.41) is 22.4. The van der Waals surface area contributed by atoms with E-state index in [1.54, 1.807) is 0 Å². The Labute approximate surface area is 254 Å². The lowest BCUT2D eigenvalue weighted by atomic mass is 9.32. The van der Waals surface area contributed by atoms with Gasteiger partial charge in [0.2, 0.25) is 0 Å². The molecule has 5 aliphatic rings. The van der Waals surface area contributed by atoms with Crippen molar-refractivity contribution in [3.63, 3.8) is 0 Å². The van der Waals surface area contributed by atoms with E-state index in [0.29, 0.717) is 23.7 Å². The van der Waals surface area contributed by atoms with Crippen LogP contribution in [0, 0.1) is 56.7 Å². The lowest BCUT2D eigenvalue weighted by Gasteiger charge is -2.72. The number of aliphatic hydroxyl groups is 1. The van der Waals surface area contributed by atoms with Gasteiger partial charge in [0.1, 0.15) is 0 Å². The van der Waals surface area contributed by atoms with Crippen molar-refractivity contribution in [1.82, 2.24) is 0 Å². The molecule has 0 bridgehead atoms. The molecule has 5 aliphatic carbocycles. The molecule has 2 N–H and O–H groups in total. The third-order valence-corrected chi connectivity index (χ3v) is 14.7. The summed E-state index contributed by atoms with van der Waals surface area (Å²) < 4.78 is 0. The Morgan fingerprint density at radius 3 is 2.29 bits per heavy atom. The molecule has 0 aromatic heterocycles. The summed E-state index contributed by atoms with van der Waals surface area (Å²) in [6.07, 6.45) is 15.2. The Hall–Kier alpha value is -2.13. The molecular weight excluding hydrogens is 516 g/mol. The van der Waals surface area contributed by atoms with E-state index in [1.165, 1.54) is 23.1 Å². The van der Waals surface area contributed by atoms with Crippen LogP contribution in [0.25, 0.3) is 6.08 Å². The van der Waals surface area contributed by atoms with Crippen LogP contribution in [0.3, 0.4) is 0 Å². The van der Waals surface area contributed by atoms with Crippen molar-refractivity contribution in [1.29, 1.82) is 0 Å². The van der Waals surface area contributed by atoms with E-state index in [2.05, 4.69) is 90.6 Å². The topological polar surface area (TPSA) is 57.5 Å². The number of hydrogen-bond acceptors (Lipinski definition) is 2. The second kappa shape index (κ2) is 9.94. The molecule has 5 saturated carbocycles. The maximum Gasteiger partial charge on any atom is 0.309 e. The Kier molecular flexibility index (Phi) is 7.08. The average Bonchev–Trinajstić information content (AvgIpc) is 3.34. The zero-order chi connectivity index (χ0) is 30.3. The fraction of sp³-hybridized carbons (Fsp3) is 0.667. The predicted molar refractivity (Wildman–Crippen MR) is 172 cm³/mol. The van der Waals surface area contributed by atoms with Crippen molar-refractivity contribution in [3.8, 4) is 0 Å². The van der Waals surface area contributed by atoms with Crippen LogP contribution in [0.1, 0.15) is 105 Å². The van der Waals surface area contributed by atoms with E-state index in [1.807, 2.05) is 6.07 Å². The number of carbonyl (C=O) groups is 1. The molecule has 10 atom stereocenters. The first kappa shape index (κ1) is 29.9. The highest BCUT2D eigenvalue weighted by Crippen LogP contribution is 2.77. The van der Waals surface area contributed by atoms with Crippen molar-refractivity contribution in [2.24, 2.45) is 56.7 Å². The van der Waals surface area contributed by atoms with Gasteiger partial charge in [0, 0.05) is 0 Å². The summed E-state index contributed by atoms with van der Waals surface area (Å²) in [5.74, 6) is 1.43. The molecule has 0 radical (unpaired) electrons. The fourth-order valence-electron chi connectivity index (χ4n) is 12.5. The number of hydrogen-bond donors (Lipinski definition) is 2. The van der Waals surface area contributed by atoms with Gasteiger partial charge in [-0.25, -0.2) is 0 Å². The Balaban J connectivity index is 1.37. The van der Waals surface area contributed by atoms with Crippen molar-refractivity contribution >= 4 is 12.0 Å². The number of aliphatic carboxylic acids is 1. The molecule has 5 fully saturated rings. The molecule has 6 rings (SSSR count). The van der Waals surface area contributed by atoms with Gasteiger partial charge in [-0.05, 0) is 127 Å². The number of rotatable bonds is 4. The average molecular weight is 571 g/mol. The molecule has 0 saturated heterocycles. The first-order valence-corrected chi connectivity index (χ1v) is 16.7. The highest BCUT2D eigenvalue weighted by molar-refractivity contribution is 5.76. The highest BCUT2D eigenvalue weighted by atomic mass is 16.4. The maximum atomic E-state index is 13.0. The standard InChI is InChI=1S/C39H54O3/c1-25(2)28-18-21-39(34(41)42)23-22-37(6)29(32(28)39)16-17-31-36(5)24-27(15-11-14-26-12-9-8-10-13-26)33(40)35(3,4)30(36)19-20-38(31,37)7/h8-15,28-33,40H,1,16-24H2,2-7H3,(H,41,42)/b14-11+,27-15-/t28-,29+,30-,31+,32+,33-,36-,37+,38+,39-/m0/s1. The van der Waals surface area contributed by atoms with E-state index in [4.69, 9.17) is 0 Å². The summed E-state index contributed by atoms with van der Waals surface area (Å²) in [5.41, 5.74) is 3.14. The number of fused-ring (bicyclic) bond motifs is 7. The van der Waals surface area contributed by atoms with Crippen LogP contribution in [0.2, 0.25) is 0 Å². The van der Waals surface area contributed by atoms with Crippen LogP contribution < -0.4 is 0 Å². The van der Waals surface area contributed by atoms with Crippen molar-refractivity contribution in [2.75, 3.05) is 0 Å². The molecular formula is C39H54O3. The molecule has 3 heteroatoms. The number of carboxylic acids is 1. The van der Waals surface area contributed by atoms with Gasteiger partial charge < -0.3 is 10.2 Å². The lowest BCUT2D eigenvalue weighted by molar-refractivity contribution is -0.240. The maximum absolute atomic E-state index is 13.0. The number of allylic oxidation sites excluding steroid dienone is 3. The first-order valence-electron chi connectivity index (χ1n) is 16.7. The Morgan fingerprint density at radius 1 is 0.905 bits per heavy atom. The quantitative estimate of drug-likeness (QED) is 0.355. The molecule has 3 nitrogen and oxygen atoms in total. The van der Waals surface area contributed by atoms with E-state index >= 15 is 0 Å². The molecule has 0 unspecified atom stereocenters. The van der Waals surface area contributed by atoms with E-state index in [-0.39, 0.29) is 27.6 Å². The smallest absolute Gasteiger partial charge is 0.309 e. The largest absolute Gasteiger partial charge is 0.481 e. The Morgan fingerprint density at radius 2 is 1.62 bits per heavy atom. The molecule has 0 heterocycles. The van der Waals surface area contributed by atoms with Gasteiger partial charge in [-0.2, -0.15) is 0 Å². The second-order valence-electron chi connectivity index (χ2n) is 16.6. The van der Waals surface area contributed by atoms with Crippen LogP contribution in [0.15, 0.2) is 60.2 Å². The third kappa shape index (κ3) is 3.97. The van der Waals surface area contributed by atoms with Crippen molar-refractivity contribution in [3.05, 3.63) is 65.8 Å². The SMILES string of the molecule is C=C(C)[C@@H]1CC[C@]2(C(=O)O)CC[C@]3(C)[C@H](CC[C@@H]4[C@@]5(C)C/C(=C/C=C/c6ccccc6)[C@H](O)C(C)(C)[C@@H]5CC[C@]43C)[C@@H]12. The minimum Gasteiger partial charge on any atom is -0.481 e. The fourth-order valence-corrected chi connectivity index (χ4v) is 12.5. The second-order valence-corrected chi connectivity index (χ2v) is 16.6. The normalized spacial score (nSPS) is 46.9. The van der Waals surface area contributed by atoms with Gasteiger partial charge in [0.05, 0.1) is 11.5 Å². The third-order valence-electron chi connectivity index (χ3n) is 14.7. The van der Waals surface area contributed by atoms with Gasteiger partial charge in [-0.3, -0.25) is 4.79 Å². The van der Waals surface area contributed by atoms with Crippen LogP contribution >= 0.6 is 0 Å². The summed E-state index contributed by atoms with van der Waals surface area (Å²) in [6.45, 7) is 18.9. The minimum atomic E-state index is -0.573. The Bertz CT molecular complexity index is 1310. The van der Waals surface area contributed by atoms with Gasteiger partial charge >= 0.3 is 5.97 Å². The molecule has 228 valence electrons. The summed E-state index contributed by atoms with van der Waals surface area (Å²) in [6, 6.07) is 10.4. The predicted octanol–water partition coefficient (Wildman–Crippen LogP) is 9.34. The van der Waals surface area contributed by atoms with E-state index in [0.717, 1.165) is 51.4 Å². The number of aliphatic hydroxyl groups excluding tert-OH is 1. The van der Waals surface area contributed by atoms with Crippen LogP contribution in [0.4, 0.5) is 0 Å². The van der Waals surface area contributed by atoms with Crippen molar-refractivity contribution < 1.29 is 15.0 Å². The van der Waals surface area contributed by atoms with E-state index < -0.39 is 17.5 Å². The van der Waals surface area contributed by atoms with E-state index in [9.17, 15) is 15.0 Å². The molecule has 0 aliphatic heterocycles. The summed E-state index contributed by atoms with van der Waals surface area (Å²) >= 11 is 0. The van der Waals surface area contributed by atoms with Gasteiger partial charge in [0.25, 0.3) is 0 Å². The molecule has 1 aromatic carbocycles. The zero-order valence-electron chi connectivity index (χ0n) is 27.0. The first-order chi connectivity index (χ1) is 19.7. The minimum absolute atomic E-state index is 0.0981. The molecule has 42 heavy (non-hydrogen) atoms. The number of carboxylic acid groups (broad SMARTS) is 1. The monoisotopic (exact) mass is 570 g/mol. The molecule has 1 aromatic rings. The lowest BCUT2D eigenvalue weighted by Crippen LogP contribution is -2.67. The molecule has 0 amide bonds. The van der Waals surface area contributed by atoms with Crippen LogP contribution in [-0.2, 0) is 4.79 Å². The van der Waals surface area contributed by atoms with Gasteiger partial charge in [0.15, 0.2) is 0 Å². The van der Waals surface area contributed by atoms with Crippen molar-refractivity contribution in [2.45, 2.75) is 105 Å². The summed E-state index contributed by atoms with van der Waals surface area (Å²) in [4.78, 5) is 13.0. The number of benzene rings is 1. The van der Waals surface area contributed by atoms with Crippen LogP contribution in [0.5, 0.6) is 0 Å². The van der Waals surface area contributed by atoms with Gasteiger partial charge in [-0.1, -0.05) is 95.3 Å². The van der Waals surface area contributed by atoms with Gasteiger partial charge in [-0.15, -0.1) is 0 Å². The molecule has 0 spiro atoms. The zero-order valence-corrected chi connectivity index (χ0v) is 27.0. The summed E-state index contributed by atoms with van der Waals surface area (Å²) in [7, 11) is 0. The van der Waals surface area contributed by atoms with Crippen LogP contribution in [-0.4, -0.2) is 22.3 Å². The highest BCUT2D eigenvalue weighted by Gasteiger charge is 2.72.